The van der Waals surface area contributed by atoms with Crippen molar-refractivity contribution in [1.82, 2.24) is 10.2 Å². The molecule has 2 amide bonds. The quantitative estimate of drug-likeness (QED) is 0.715. The van der Waals surface area contributed by atoms with Gasteiger partial charge in [0.2, 0.25) is 11.8 Å². The fraction of sp³-hybridized carbons (Fsp3) is 0.812. The van der Waals surface area contributed by atoms with Gasteiger partial charge in [0.15, 0.2) is 0 Å². The number of nitrogens with one attached hydrogen (secondary N) is 1. The van der Waals surface area contributed by atoms with Crippen molar-refractivity contribution in [2.75, 3.05) is 13.1 Å². The van der Waals surface area contributed by atoms with Crippen LogP contribution in [0, 0.1) is 5.92 Å². The van der Waals surface area contributed by atoms with Gasteiger partial charge < -0.3 is 15.3 Å². The van der Waals surface area contributed by atoms with E-state index in [1.54, 1.807) is 6.92 Å². The van der Waals surface area contributed by atoms with Crippen LogP contribution in [0.1, 0.15) is 58.8 Å². The molecule has 6 heteroatoms. The van der Waals surface area contributed by atoms with Crippen molar-refractivity contribution < 1.29 is 19.5 Å². The van der Waals surface area contributed by atoms with Gasteiger partial charge in [-0.1, -0.05) is 26.2 Å². The van der Waals surface area contributed by atoms with Crippen LogP contribution in [0.4, 0.5) is 0 Å². The Hall–Kier alpha value is -1.59. The Bertz CT molecular complexity index is 392. The maximum Gasteiger partial charge on any atom is 0.323 e. The number of aliphatic carboxylic acids is 1. The van der Waals surface area contributed by atoms with Gasteiger partial charge >= 0.3 is 5.97 Å². The molecule has 1 fully saturated rings. The average molecular weight is 312 g/mol. The van der Waals surface area contributed by atoms with Gasteiger partial charge in [-0.25, -0.2) is 0 Å². The first kappa shape index (κ1) is 18.5. The summed E-state index contributed by atoms with van der Waals surface area (Å²) in [6.07, 6.45) is 6.90. The van der Waals surface area contributed by atoms with Crippen LogP contribution < -0.4 is 5.32 Å². The number of carboxylic acids is 1. The molecule has 1 unspecified atom stereocenters. The summed E-state index contributed by atoms with van der Waals surface area (Å²) in [5, 5.41) is 11.6. The maximum absolute atomic E-state index is 12.2. The van der Waals surface area contributed by atoms with E-state index in [0.29, 0.717) is 25.3 Å². The summed E-state index contributed by atoms with van der Waals surface area (Å²) in [5.41, 5.74) is 0. The molecule has 0 heterocycles. The highest BCUT2D eigenvalue weighted by Crippen LogP contribution is 2.26. The Morgan fingerprint density at radius 2 is 1.86 bits per heavy atom. The molecular formula is C16H28N2O4. The largest absolute Gasteiger partial charge is 0.480 e. The molecule has 1 aliphatic carbocycles. The molecule has 0 aromatic heterocycles. The highest BCUT2D eigenvalue weighted by atomic mass is 16.4. The minimum Gasteiger partial charge on any atom is -0.480 e. The summed E-state index contributed by atoms with van der Waals surface area (Å²) >= 11 is 0. The summed E-state index contributed by atoms with van der Waals surface area (Å²) in [6, 6.07) is -0.679. The molecule has 1 rings (SSSR count). The second-order valence-corrected chi connectivity index (χ2v) is 6.15. The highest BCUT2D eigenvalue weighted by molar-refractivity contribution is 5.89. The number of amides is 2. The smallest absolute Gasteiger partial charge is 0.323 e. The van der Waals surface area contributed by atoms with E-state index in [4.69, 9.17) is 5.11 Å². The molecule has 2 N–H and O–H groups in total. The summed E-state index contributed by atoms with van der Waals surface area (Å²) in [4.78, 5) is 36.4. The Balaban J connectivity index is 2.46. The molecule has 0 aromatic rings. The first-order chi connectivity index (χ1) is 10.4. The topological polar surface area (TPSA) is 86.7 Å². The first-order valence-corrected chi connectivity index (χ1v) is 8.24. The summed E-state index contributed by atoms with van der Waals surface area (Å²) in [7, 11) is 0. The van der Waals surface area contributed by atoms with E-state index in [1.165, 1.54) is 24.2 Å². The number of carbonyl (C=O) groups is 3. The van der Waals surface area contributed by atoms with Gasteiger partial charge in [0, 0.05) is 13.0 Å². The van der Waals surface area contributed by atoms with Crippen LogP contribution in [0.15, 0.2) is 0 Å². The molecule has 6 nitrogen and oxygen atoms in total. The molecule has 0 radical (unpaired) electrons. The van der Waals surface area contributed by atoms with Crippen LogP contribution in [0.3, 0.4) is 0 Å². The van der Waals surface area contributed by atoms with E-state index in [9.17, 15) is 14.4 Å². The fourth-order valence-electron chi connectivity index (χ4n) is 2.99. The normalized spacial score (nSPS) is 16.8. The maximum atomic E-state index is 12.2. The summed E-state index contributed by atoms with van der Waals surface area (Å²) < 4.78 is 0. The van der Waals surface area contributed by atoms with E-state index in [-0.39, 0.29) is 18.4 Å². The minimum atomic E-state index is -1.04. The number of hydrogen-bond donors (Lipinski definition) is 2. The van der Waals surface area contributed by atoms with Gasteiger partial charge in [-0.15, -0.1) is 0 Å². The van der Waals surface area contributed by atoms with Crippen molar-refractivity contribution in [3.05, 3.63) is 0 Å². The lowest BCUT2D eigenvalue weighted by atomic mass is 9.87. The third-order valence-electron chi connectivity index (χ3n) is 4.08. The molecule has 1 saturated carbocycles. The summed E-state index contributed by atoms with van der Waals surface area (Å²) in [6.45, 7) is 3.56. The van der Waals surface area contributed by atoms with Crippen LogP contribution in [-0.2, 0) is 14.4 Å². The van der Waals surface area contributed by atoms with E-state index in [0.717, 1.165) is 12.8 Å². The lowest BCUT2D eigenvalue weighted by molar-refractivity contribution is -0.145. The van der Waals surface area contributed by atoms with Crippen LogP contribution >= 0.6 is 0 Å². The SMILES string of the molecule is CCCN(CC(=O)O)C(=O)C(C)NC(=O)CC1CCCCC1. The van der Waals surface area contributed by atoms with Crippen LogP contribution in [-0.4, -0.2) is 46.9 Å². The second-order valence-electron chi connectivity index (χ2n) is 6.15. The molecule has 1 aliphatic rings. The molecule has 0 spiro atoms. The average Bonchev–Trinajstić information content (AvgIpc) is 2.46. The molecular weight excluding hydrogens is 284 g/mol. The molecule has 126 valence electrons. The Morgan fingerprint density at radius 1 is 1.23 bits per heavy atom. The predicted octanol–water partition coefficient (Wildman–Crippen LogP) is 1.78. The van der Waals surface area contributed by atoms with Crippen molar-refractivity contribution in [2.24, 2.45) is 5.92 Å². The highest BCUT2D eigenvalue weighted by Gasteiger charge is 2.24. The van der Waals surface area contributed by atoms with Gasteiger partial charge in [-0.05, 0) is 32.1 Å². The second kappa shape index (κ2) is 9.43. The number of carboxylic acid groups (broad SMARTS) is 1. The van der Waals surface area contributed by atoms with E-state index in [1.807, 2.05) is 6.92 Å². The fourth-order valence-corrected chi connectivity index (χ4v) is 2.99. The van der Waals surface area contributed by atoms with Gasteiger partial charge in [-0.2, -0.15) is 0 Å². The summed E-state index contributed by atoms with van der Waals surface area (Å²) in [5.74, 6) is -1.06. The van der Waals surface area contributed by atoms with Crippen LogP contribution in [0.2, 0.25) is 0 Å². The Morgan fingerprint density at radius 3 is 2.41 bits per heavy atom. The monoisotopic (exact) mass is 312 g/mol. The van der Waals surface area contributed by atoms with Crippen LogP contribution in [0.5, 0.6) is 0 Å². The zero-order valence-electron chi connectivity index (χ0n) is 13.6. The van der Waals surface area contributed by atoms with Crippen molar-refractivity contribution in [3.8, 4) is 0 Å². The molecule has 0 bridgehead atoms. The predicted molar refractivity (Wildman–Crippen MR) is 83.3 cm³/mol. The van der Waals surface area contributed by atoms with Gasteiger partial charge in [0.05, 0.1) is 0 Å². The van der Waals surface area contributed by atoms with Gasteiger partial charge in [0.1, 0.15) is 12.6 Å². The van der Waals surface area contributed by atoms with Crippen molar-refractivity contribution in [1.29, 1.82) is 0 Å². The van der Waals surface area contributed by atoms with E-state index < -0.39 is 12.0 Å². The third-order valence-corrected chi connectivity index (χ3v) is 4.08. The lowest BCUT2D eigenvalue weighted by Gasteiger charge is -2.25. The number of rotatable bonds is 8. The van der Waals surface area contributed by atoms with Crippen molar-refractivity contribution in [3.63, 3.8) is 0 Å². The number of hydrogen-bond acceptors (Lipinski definition) is 3. The zero-order valence-corrected chi connectivity index (χ0v) is 13.6. The Labute approximate surface area is 132 Å². The number of carbonyl (C=O) groups excluding carboxylic acids is 2. The zero-order chi connectivity index (χ0) is 16.5. The third kappa shape index (κ3) is 6.45. The Kier molecular flexibility index (Phi) is 7.91. The number of nitrogens with zero attached hydrogens (tertiary/aromatic N) is 1. The molecule has 0 aromatic carbocycles. The molecule has 1 atom stereocenters. The van der Waals surface area contributed by atoms with Gasteiger partial charge in [-0.3, -0.25) is 14.4 Å². The van der Waals surface area contributed by atoms with Crippen molar-refractivity contribution in [2.45, 2.75) is 64.8 Å². The van der Waals surface area contributed by atoms with E-state index >= 15 is 0 Å². The molecule has 0 aliphatic heterocycles. The molecule has 0 saturated heterocycles. The van der Waals surface area contributed by atoms with Gasteiger partial charge in [0.25, 0.3) is 0 Å². The minimum absolute atomic E-state index is 0.112. The standard InChI is InChI=1S/C16H28N2O4/c1-3-9-18(11-15(20)21)16(22)12(2)17-14(19)10-13-7-5-4-6-8-13/h12-13H,3-11H2,1-2H3,(H,17,19)(H,20,21). The lowest BCUT2D eigenvalue weighted by Crippen LogP contribution is -2.48. The van der Waals surface area contributed by atoms with E-state index in [2.05, 4.69) is 5.32 Å². The van der Waals surface area contributed by atoms with Crippen LogP contribution in [0.25, 0.3) is 0 Å². The first-order valence-electron chi connectivity index (χ1n) is 8.24. The molecule has 22 heavy (non-hydrogen) atoms. The van der Waals surface area contributed by atoms with Crippen molar-refractivity contribution >= 4 is 17.8 Å².